The third kappa shape index (κ3) is 1.96. The molecule has 1 heterocycles. The fraction of sp³-hybridized carbons (Fsp3) is 0.0370. The molecule has 0 fully saturated rings. The molecule has 1 aliphatic heterocycles. The van der Waals surface area contributed by atoms with Gasteiger partial charge in [-0.2, -0.15) is 0 Å². The number of rotatable bonds is 2. The molecule has 132 valence electrons. The van der Waals surface area contributed by atoms with Crippen LogP contribution in [0.1, 0.15) is 22.3 Å². The zero-order valence-corrected chi connectivity index (χ0v) is 15.3. The molecule has 0 atom stereocenters. The number of benzene rings is 4. The molecule has 1 aliphatic carbocycles. The molecule has 1 nitrogen and oxygen atoms in total. The highest BCUT2D eigenvalue weighted by molar-refractivity contribution is 6.22. The Morgan fingerprint density at radius 1 is 0.429 bits per heavy atom. The summed E-state index contributed by atoms with van der Waals surface area (Å²) in [4.78, 5) is 0. The van der Waals surface area contributed by atoms with Crippen molar-refractivity contribution < 1.29 is 4.74 Å². The minimum Gasteiger partial charge on any atom is -0.457 e. The van der Waals surface area contributed by atoms with E-state index in [9.17, 15) is 0 Å². The van der Waals surface area contributed by atoms with Crippen LogP contribution in [0.2, 0.25) is 0 Å². The Balaban J connectivity index is 1.69. The largest absolute Gasteiger partial charge is 0.457 e. The van der Waals surface area contributed by atoms with E-state index in [0.717, 1.165) is 11.5 Å². The first-order valence-electron chi connectivity index (χ1n) is 9.63. The van der Waals surface area contributed by atoms with Crippen LogP contribution in [0.15, 0.2) is 109 Å². The van der Waals surface area contributed by atoms with E-state index >= 15 is 0 Å². The molecule has 0 radical (unpaired) electrons. The quantitative estimate of drug-likeness (QED) is 0.387. The standard InChI is InChI=1S/C27H18O/c1-3-11-19(12-4-1)25-26(20-13-5-2-6-14-20)27(25)21-15-7-9-17-23(21)28-24-18-10-8-16-22(24)27/h1-18H. The first kappa shape index (κ1) is 15.5. The number of fused-ring (bicyclic) bond motifs is 4. The monoisotopic (exact) mass is 358 g/mol. The fourth-order valence-corrected chi connectivity index (χ4v) is 4.75. The average molecular weight is 358 g/mol. The molecule has 4 aromatic carbocycles. The van der Waals surface area contributed by atoms with Crippen LogP contribution in [0.4, 0.5) is 0 Å². The number of para-hydroxylation sites is 2. The predicted molar refractivity (Wildman–Crippen MR) is 113 cm³/mol. The highest BCUT2D eigenvalue weighted by atomic mass is 16.5. The van der Waals surface area contributed by atoms with E-state index in [0.29, 0.717) is 0 Å². The van der Waals surface area contributed by atoms with Gasteiger partial charge in [-0.05, 0) is 34.4 Å². The Morgan fingerprint density at radius 2 is 0.821 bits per heavy atom. The molecule has 0 bridgehead atoms. The maximum atomic E-state index is 6.29. The van der Waals surface area contributed by atoms with Crippen LogP contribution in [0.3, 0.4) is 0 Å². The topological polar surface area (TPSA) is 9.23 Å². The number of hydrogen-bond acceptors (Lipinski definition) is 1. The summed E-state index contributed by atoms with van der Waals surface area (Å²) in [7, 11) is 0. The van der Waals surface area contributed by atoms with Gasteiger partial charge in [0.05, 0.1) is 5.41 Å². The van der Waals surface area contributed by atoms with Gasteiger partial charge in [0.2, 0.25) is 0 Å². The second kappa shape index (κ2) is 5.71. The maximum Gasteiger partial charge on any atom is 0.132 e. The third-order valence-electron chi connectivity index (χ3n) is 5.86. The van der Waals surface area contributed by atoms with Crippen LogP contribution < -0.4 is 4.74 Å². The van der Waals surface area contributed by atoms with Gasteiger partial charge in [-0.15, -0.1) is 0 Å². The highest BCUT2D eigenvalue weighted by Crippen LogP contribution is 2.72. The second-order valence-corrected chi connectivity index (χ2v) is 7.33. The lowest BCUT2D eigenvalue weighted by atomic mass is 9.76. The minimum absolute atomic E-state index is 0.256. The lowest BCUT2D eigenvalue weighted by Crippen LogP contribution is -2.21. The molecular weight excluding hydrogens is 340 g/mol. The van der Waals surface area contributed by atoms with Crippen molar-refractivity contribution in [3.8, 4) is 11.5 Å². The average Bonchev–Trinajstić information content (AvgIpc) is 3.45. The summed E-state index contributed by atoms with van der Waals surface area (Å²) in [6.07, 6.45) is 0. The number of ether oxygens (including phenoxy) is 1. The first-order chi connectivity index (χ1) is 13.9. The maximum absolute atomic E-state index is 6.29. The molecule has 1 spiro atoms. The van der Waals surface area contributed by atoms with Gasteiger partial charge in [-0.25, -0.2) is 0 Å². The first-order valence-corrected chi connectivity index (χ1v) is 9.63. The Bertz CT molecular complexity index is 1120. The molecule has 0 unspecified atom stereocenters. The molecule has 0 N–H and O–H groups in total. The highest BCUT2D eigenvalue weighted by Gasteiger charge is 2.60. The number of hydrogen-bond donors (Lipinski definition) is 0. The summed E-state index contributed by atoms with van der Waals surface area (Å²) in [6.45, 7) is 0. The summed E-state index contributed by atoms with van der Waals surface area (Å²) < 4.78 is 6.29. The summed E-state index contributed by atoms with van der Waals surface area (Å²) in [5.41, 5.74) is 7.50. The molecule has 0 saturated carbocycles. The van der Waals surface area contributed by atoms with Gasteiger partial charge in [-0.3, -0.25) is 0 Å². The number of allylic oxidation sites excluding steroid dienone is 2. The third-order valence-corrected chi connectivity index (χ3v) is 5.86. The summed E-state index contributed by atoms with van der Waals surface area (Å²) in [6, 6.07) is 38.4. The van der Waals surface area contributed by atoms with Gasteiger partial charge in [0.25, 0.3) is 0 Å². The summed E-state index contributed by atoms with van der Waals surface area (Å²) >= 11 is 0. The van der Waals surface area contributed by atoms with Crippen molar-refractivity contribution in [2.24, 2.45) is 0 Å². The van der Waals surface area contributed by atoms with Crippen molar-refractivity contribution in [2.75, 3.05) is 0 Å². The van der Waals surface area contributed by atoms with Gasteiger partial charge in [0.1, 0.15) is 11.5 Å². The van der Waals surface area contributed by atoms with Crippen molar-refractivity contribution in [1.82, 2.24) is 0 Å². The molecular formula is C27H18O. The van der Waals surface area contributed by atoms with E-state index in [1.807, 2.05) is 12.1 Å². The molecule has 6 rings (SSSR count). The molecule has 4 aromatic rings. The van der Waals surface area contributed by atoms with Crippen LogP contribution in [0.25, 0.3) is 11.1 Å². The Kier molecular flexibility index (Phi) is 3.15. The summed E-state index contributed by atoms with van der Waals surface area (Å²) in [5, 5.41) is 0. The van der Waals surface area contributed by atoms with Crippen molar-refractivity contribution >= 4 is 11.1 Å². The van der Waals surface area contributed by atoms with Crippen LogP contribution >= 0.6 is 0 Å². The molecule has 0 saturated heterocycles. The van der Waals surface area contributed by atoms with Crippen molar-refractivity contribution in [3.05, 3.63) is 131 Å². The Hall–Kier alpha value is -3.58. The summed E-state index contributed by atoms with van der Waals surface area (Å²) in [5.74, 6) is 1.89. The molecule has 28 heavy (non-hydrogen) atoms. The predicted octanol–water partition coefficient (Wildman–Crippen LogP) is 6.70. The van der Waals surface area contributed by atoms with E-state index in [-0.39, 0.29) is 5.41 Å². The smallest absolute Gasteiger partial charge is 0.132 e. The van der Waals surface area contributed by atoms with E-state index in [4.69, 9.17) is 4.74 Å². The Labute approximate surface area is 164 Å². The van der Waals surface area contributed by atoms with Crippen LogP contribution in [-0.4, -0.2) is 0 Å². The lowest BCUT2D eigenvalue weighted by Gasteiger charge is -2.31. The van der Waals surface area contributed by atoms with Gasteiger partial charge < -0.3 is 4.74 Å². The normalized spacial score (nSPS) is 15.6. The van der Waals surface area contributed by atoms with Crippen molar-refractivity contribution in [3.63, 3.8) is 0 Å². The van der Waals surface area contributed by atoms with E-state index < -0.39 is 0 Å². The Morgan fingerprint density at radius 3 is 1.29 bits per heavy atom. The minimum atomic E-state index is -0.256. The zero-order chi connectivity index (χ0) is 18.6. The van der Waals surface area contributed by atoms with Crippen LogP contribution in [0, 0.1) is 0 Å². The van der Waals surface area contributed by atoms with Crippen molar-refractivity contribution in [2.45, 2.75) is 5.41 Å². The molecule has 1 heteroatoms. The van der Waals surface area contributed by atoms with Crippen LogP contribution in [0.5, 0.6) is 11.5 Å². The van der Waals surface area contributed by atoms with Gasteiger partial charge in [0, 0.05) is 11.1 Å². The van der Waals surface area contributed by atoms with E-state index in [2.05, 4.69) is 97.1 Å². The second-order valence-electron chi connectivity index (χ2n) is 7.33. The fourth-order valence-electron chi connectivity index (χ4n) is 4.75. The molecule has 2 aliphatic rings. The van der Waals surface area contributed by atoms with Crippen molar-refractivity contribution in [1.29, 1.82) is 0 Å². The van der Waals surface area contributed by atoms with Gasteiger partial charge in [-0.1, -0.05) is 97.1 Å². The zero-order valence-electron chi connectivity index (χ0n) is 15.3. The molecule has 0 amide bonds. The lowest BCUT2D eigenvalue weighted by molar-refractivity contribution is 0.450. The van der Waals surface area contributed by atoms with Gasteiger partial charge in [0.15, 0.2) is 0 Å². The van der Waals surface area contributed by atoms with Crippen LogP contribution in [-0.2, 0) is 5.41 Å². The SMILES string of the molecule is c1ccc(C2=C(c3ccccc3)C23c2ccccc2Oc2ccccc23)cc1. The van der Waals surface area contributed by atoms with E-state index in [1.165, 1.54) is 33.4 Å². The molecule has 0 aromatic heterocycles. The van der Waals surface area contributed by atoms with Gasteiger partial charge >= 0.3 is 0 Å². The van der Waals surface area contributed by atoms with E-state index in [1.54, 1.807) is 0 Å².